The minimum Gasteiger partial charge on any atom is -0.318 e. The quantitative estimate of drug-likeness (QED) is 0.144. The summed E-state index contributed by atoms with van der Waals surface area (Å²) >= 11 is 8.35. The van der Waals surface area contributed by atoms with Gasteiger partial charge in [0.05, 0.1) is 9.83 Å². The zero-order valence-electron chi connectivity index (χ0n) is 19.8. The number of thiocarbonyl (C=S) groups is 1. The van der Waals surface area contributed by atoms with Crippen molar-refractivity contribution in [1.82, 2.24) is 9.47 Å². The highest BCUT2D eigenvalue weighted by molar-refractivity contribution is 8.26. The second-order valence-electron chi connectivity index (χ2n) is 8.70. The Morgan fingerprint density at radius 2 is 1.69 bits per heavy atom. The molecule has 180 valence electrons. The molecule has 1 aliphatic heterocycles. The summed E-state index contributed by atoms with van der Waals surface area (Å²) < 4.78 is 2.78. The van der Waals surface area contributed by atoms with Gasteiger partial charge in [0, 0.05) is 45.5 Å². The highest BCUT2D eigenvalue weighted by atomic mass is 32.2. The van der Waals surface area contributed by atoms with Gasteiger partial charge in [0.15, 0.2) is 0 Å². The normalized spacial score (nSPS) is 15.0. The fourth-order valence-electron chi connectivity index (χ4n) is 3.93. The number of carbonyl (C=O) groups excluding carboxylic acids is 1. The molecule has 9 heteroatoms. The van der Waals surface area contributed by atoms with E-state index in [1.54, 1.807) is 28.8 Å². The number of amides is 1. The summed E-state index contributed by atoms with van der Waals surface area (Å²) in [4.78, 5) is 27.7. The van der Waals surface area contributed by atoms with Crippen molar-refractivity contribution >= 4 is 57.7 Å². The molecule has 1 saturated heterocycles. The molecule has 2 heterocycles. The number of benzene rings is 2. The van der Waals surface area contributed by atoms with Crippen LogP contribution in [-0.2, 0) is 4.79 Å². The number of hydrogen-bond donors (Lipinski definition) is 0. The first kappa shape index (κ1) is 25.2. The summed E-state index contributed by atoms with van der Waals surface area (Å²) in [6.07, 6.45) is 1.94. The van der Waals surface area contributed by atoms with Crippen molar-refractivity contribution in [1.29, 1.82) is 0 Å². The standard InChI is InChI=1S/C26H25N3O3S3/c1-16(2)15-27-25(30)24(35-26(27)33)14-19-13-17(3)28(18(19)4)20-5-9-22(10-6-20)34-23-11-7-21(8-12-23)29(31)32/h5-14,16H,15H2,1-4H3/b24-14-. The van der Waals surface area contributed by atoms with Gasteiger partial charge in [-0.1, -0.05) is 49.6 Å². The average molecular weight is 524 g/mol. The molecule has 0 unspecified atom stereocenters. The molecular weight excluding hydrogens is 499 g/mol. The van der Waals surface area contributed by atoms with Crippen molar-refractivity contribution in [3.63, 3.8) is 0 Å². The number of aryl methyl sites for hydroxylation is 1. The first-order valence-corrected chi connectivity index (χ1v) is 13.1. The van der Waals surface area contributed by atoms with Crippen molar-refractivity contribution in [3.05, 3.63) is 86.6 Å². The monoisotopic (exact) mass is 523 g/mol. The Hall–Kier alpha value is -2.88. The molecular formula is C26H25N3O3S3. The van der Waals surface area contributed by atoms with Crippen molar-refractivity contribution in [2.75, 3.05) is 6.54 Å². The number of rotatable bonds is 7. The molecule has 0 atom stereocenters. The van der Waals surface area contributed by atoms with E-state index >= 15 is 0 Å². The zero-order chi connectivity index (χ0) is 25.3. The fraction of sp³-hybridized carbons (Fsp3) is 0.231. The van der Waals surface area contributed by atoms with Crippen LogP contribution in [0, 0.1) is 29.9 Å². The number of hydrogen-bond acceptors (Lipinski definition) is 6. The lowest BCUT2D eigenvalue weighted by Gasteiger charge is -2.16. The molecule has 0 saturated carbocycles. The lowest BCUT2D eigenvalue weighted by Crippen LogP contribution is -2.31. The average Bonchev–Trinajstić information content (AvgIpc) is 3.23. The smallest absolute Gasteiger partial charge is 0.269 e. The van der Waals surface area contributed by atoms with E-state index in [2.05, 4.69) is 36.6 Å². The molecule has 0 spiro atoms. The van der Waals surface area contributed by atoms with Crippen LogP contribution in [0.4, 0.5) is 5.69 Å². The molecule has 0 radical (unpaired) electrons. The van der Waals surface area contributed by atoms with Gasteiger partial charge in [-0.25, -0.2) is 0 Å². The minimum absolute atomic E-state index is 0.0221. The molecule has 35 heavy (non-hydrogen) atoms. The van der Waals surface area contributed by atoms with Crippen LogP contribution in [0.5, 0.6) is 0 Å². The Kier molecular flexibility index (Phi) is 7.49. The van der Waals surface area contributed by atoms with E-state index in [4.69, 9.17) is 12.2 Å². The molecule has 4 rings (SSSR count). The third kappa shape index (κ3) is 5.52. The van der Waals surface area contributed by atoms with Gasteiger partial charge in [-0.05, 0) is 73.9 Å². The molecule has 1 aliphatic rings. The van der Waals surface area contributed by atoms with E-state index in [0.29, 0.717) is 21.7 Å². The predicted octanol–water partition coefficient (Wildman–Crippen LogP) is 7.01. The van der Waals surface area contributed by atoms with Gasteiger partial charge in [0.2, 0.25) is 0 Å². The lowest BCUT2D eigenvalue weighted by atomic mass is 10.2. The second-order valence-corrected chi connectivity index (χ2v) is 11.5. The van der Waals surface area contributed by atoms with Crippen LogP contribution in [0.2, 0.25) is 0 Å². The SMILES string of the molecule is Cc1cc(/C=C2\SC(=S)N(CC(C)C)C2=O)c(C)n1-c1ccc(Sc2ccc([N+](=O)[O-])cc2)cc1. The first-order chi connectivity index (χ1) is 16.6. The fourth-order valence-corrected chi connectivity index (χ4v) is 6.01. The van der Waals surface area contributed by atoms with Gasteiger partial charge < -0.3 is 4.57 Å². The van der Waals surface area contributed by atoms with Gasteiger partial charge in [0.25, 0.3) is 11.6 Å². The Balaban J connectivity index is 1.54. The summed E-state index contributed by atoms with van der Waals surface area (Å²) in [5.74, 6) is 0.328. The second kappa shape index (κ2) is 10.4. The molecule has 1 fully saturated rings. The molecule has 6 nitrogen and oxygen atoms in total. The Bertz CT molecular complexity index is 1330. The van der Waals surface area contributed by atoms with Gasteiger partial charge in [0.1, 0.15) is 4.32 Å². The van der Waals surface area contributed by atoms with Gasteiger partial charge in [-0.3, -0.25) is 19.8 Å². The number of thioether (sulfide) groups is 1. The molecule has 0 aliphatic carbocycles. The summed E-state index contributed by atoms with van der Waals surface area (Å²) in [6.45, 7) is 8.88. The molecule has 1 amide bonds. The van der Waals surface area contributed by atoms with E-state index in [9.17, 15) is 14.9 Å². The number of nitro benzene ring substituents is 1. The molecule has 1 aromatic heterocycles. The third-order valence-electron chi connectivity index (χ3n) is 5.56. The van der Waals surface area contributed by atoms with Crippen molar-refractivity contribution < 1.29 is 9.72 Å². The summed E-state index contributed by atoms with van der Waals surface area (Å²) in [5.41, 5.74) is 4.23. The summed E-state index contributed by atoms with van der Waals surface area (Å²) in [6, 6.07) is 16.8. The van der Waals surface area contributed by atoms with E-state index in [1.807, 2.05) is 32.1 Å². The highest BCUT2D eigenvalue weighted by Gasteiger charge is 2.32. The first-order valence-electron chi connectivity index (χ1n) is 11.1. The summed E-state index contributed by atoms with van der Waals surface area (Å²) in [5, 5.41) is 10.8. The number of aromatic nitrogens is 1. The highest BCUT2D eigenvalue weighted by Crippen LogP contribution is 2.35. The van der Waals surface area contributed by atoms with Gasteiger partial charge in [-0.15, -0.1) is 0 Å². The molecule has 0 bridgehead atoms. The number of non-ortho nitro benzene ring substituents is 1. The Morgan fingerprint density at radius 3 is 2.26 bits per heavy atom. The van der Waals surface area contributed by atoms with E-state index in [0.717, 1.165) is 32.4 Å². The van der Waals surface area contributed by atoms with Gasteiger partial charge >= 0.3 is 0 Å². The van der Waals surface area contributed by atoms with Crippen molar-refractivity contribution in [2.45, 2.75) is 37.5 Å². The van der Waals surface area contributed by atoms with E-state index < -0.39 is 4.92 Å². The summed E-state index contributed by atoms with van der Waals surface area (Å²) in [7, 11) is 0. The van der Waals surface area contributed by atoms with Crippen molar-refractivity contribution in [2.24, 2.45) is 5.92 Å². The zero-order valence-corrected chi connectivity index (χ0v) is 22.3. The largest absolute Gasteiger partial charge is 0.318 e. The molecule has 2 aromatic carbocycles. The van der Waals surface area contributed by atoms with E-state index in [1.165, 1.54) is 23.9 Å². The topological polar surface area (TPSA) is 68.4 Å². The predicted molar refractivity (Wildman–Crippen MR) is 147 cm³/mol. The maximum absolute atomic E-state index is 12.9. The van der Waals surface area contributed by atoms with Crippen LogP contribution < -0.4 is 0 Å². The Morgan fingerprint density at radius 1 is 1.09 bits per heavy atom. The minimum atomic E-state index is -0.396. The Labute approximate surface area is 218 Å². The number of nitrogens with zero attached hydrogens (tertiary/aromatic N) is 3. The third-order valence-corrected chi connectivity index (χ3v) is 7.95. The molecule has 0 N–H and O–H groups in total. The van der Waals surface area contributed by atoms with Crippen LogP contribution in [0.3, 0.4) is 0 Å². The maximum Gasteiger partial charge on any atom is 0.269 e. The van der Waals surface area contributed by atoms with E-state index in [-0.39, 0.29) is 11.6 Å². The van der Waals surface area contributed by atoms with Crippen molar-refractivity contribution in [3.8, 4) is 5.69 Å². The van der Waals surface area contributed by atoms with Crippen LogP contribution in [0.1, 0.15) is 30.8 Å². The van der Waals surface area contributed by atoms with Gasteiger partial charge in [-0.2, -0.15) is 0 Å². The number of carbonyl (C=O) groups is 1. The van der Waals surface area contributed by atoms with Crippen LogP contribution in [0.25, 0.3) is 11.8 Å². The maximum atomic E-state index is 12.9. The van der Waals surface area contributed by atoms with Crippen LogP contribution >= 0.6 is 35.7 Å². The van der Waals surface area contributed by atoms with Crippen LogP contribution in [0.15, 0.2) is 69.3 Å². The van der Waals surface area contributed by atoms with Crippen LogP contribution in [-0.4, -0.2) is 31.2 Å². The molecule has 3 aromatic rings. The lowest BCUT2D eigenvalue weighted by molar-refractivity contribution is -0.384. The number of nitro groups is 1.